The number of carbonyl (C=O) groups is 1. The summed E-state index contributed by atoms with van der Waals surface area (Å²) in [5.74, 6) is -1.30. The highest BCUT2D eigenvalue weighted by atomic mass is 79.9. The first-order valence-electron chi connectivity index (χ1n) is 4.94. The Hall–Kier alpha value is -1.46. The third-order valence-corrected chi connectivity index (χ3v) is 3.14. The van der Waals surface area contributed by atoms with Gasteiger partial charge in [0, 0.05) is 12.4 Å². The Balaban J connectivity index is 2.28. The SMILES string of the molecule is O=C(Nc1ccncc1Br)c1cccc(Cl)c1F. The fourth-order valence-electron chi connectivity index (χ4n) is 1.35. The van der Waals surface area contributed by atoms with Gasteiger partial charge in [0.2, 0.25) is 0 Å². The number of pyridine rings is 1. The predicted octanol–water partition coefficient (Wildman–Crippen LogP) is 3.89. The van der Waals surface area contributed by atoms with E-state index in [0.717, 1.165) is 0 Å². The summed E-state index contributed by atoms with van der Waals surface area (Å²) in [6, 6.07) is 5.87. The molecule has 0 fully saturated rings. The van der Waals surface area contributed by atoms with E-state index in [2.05, 4.69) is 26.2 Å². The predicted molar refractivity (Wildman–Crippen MR) is 71.3 cm³/mol. The highest BCUT2D eigenvalue weighted by Gasteiger charge is 2.14. The summed E-state index contributed by atoms with van der Waals surface area (Å²) in [5, 5.41) is 2.48. The largest absolute Gasteiger partial charge is 0.321 e. The molecule has 0 aliphatic heterocycles. The van der Waals surface area contributed by atoms with E-state index in [9.17, 15) is 9.18 Å². The number of aromatic nitrogens is 1. The first-order chi connectivity index (χ1) is 8.59. The molecule has 2 aromatic rings. The normalized spacial score (nSPS) is 10.2. The molecule has 1 aromatic heterocycles. The summed E-state index contributed by atoms with van der Waals surface area (Å²) in [6.07, 6.45) is 3.05. The molecular weight excluding hydrogens is 322 g/mol. The molecule has 18 heavy (non-hydrogen) atoms. The summed E-state index contributed by atoms with van der Waals surface area (Å²) >= 11 is 8.85. The lowest BCUT2D eigenvalue weighted by Crippen LogP contribution is -2.14. The number of hydrogen-bond acceptors (Lipinski definition) is 2. The molecule has 0 radical (unpaired) electrons. The fourth-order valence-corrected chi connectivity index (χ4v) is 1.87. The number of halogens is 3. The Bertz CT molecular complexity index is 606. The molecule has 1 amide bonds. The molecular formula is C12H7BrClFN2O. The highest BCUT2D eigenvalue weighted by molar-refractivity contribution is 9.10. The summed E-state index contributed by atoms with van der Waals surface area (Å²) in [6.45, 7) is 0. The molecule has 1 aromatic carbocycles. The number of anilines is 1. The van der Waals surface area contributed by atoms with Crippen LogP contribution in [0.25, 0.3) is 0 Å². The highest BCUT2D eigenvalue weighted by Crippen LogP contribution is 2.23. The maximum absolute atomic E-state index is 13.6. The van der Waals surface area contributed by atoms with E-state index in [1.54, 1.807) is 6.07 Å². The van der Waals surface area contributed by atoms with Crippen LogP contribution in [-0.2, 0) is 0 Å². The Morgan fingerprint density at radius 3 is 2.89 bits per heavy atom. The lowest BCUT2D eigenvalue weighted by molar-refractivity contribution is 0.102. The van der Waals surface area contributed by atoms with Crippen molar-refractivity contribution in [3.8, 4) is 0 Å². The van der Waals surface area contributed by atoms with Gasteiger partial charge < -0.3 is 5.32 Å². The van der Waals surface area contributed by atoms with Gasteiger partial charge in [-0.3, -0.25) is 9.78 Å². The molecule has 0 aliphatic rings. The number of benzene rings is 1. The Morgan fingerprint density at radius 1 is 1.39 bits per heavy atom. The minimum absolute atomic E-state index is 0.0866. The zero-order chi connectivity index (χ0) is 13.1. The third-order valence-electron chi connectivity index (χ3n) is 2.22. The Kier molecular flexibility index (Phi) is 3.93. The van der Waals surface area contributed by atoms with Crippen LogP contribution in [0.1, 0.15) is 10.4 Å². The second kappa shape index (κ2) is 5.46. The maximum Gasteiger partial charge on any atom is 0.258 e. The van der Waals surface area contributed by atoms with Crippen molar-refractivity contribution in [3.05, 3.63) is 57.5 Å². The first kappa shape index (κ1) is 13.0. The van der Waals surface area contributed by atoms with Crippen molar-refractivity contribution in [2.75, 3.05) is 5.32 Å². The summed E-state index contributed by atoms with van der Waals surface area (Å²) in [5.41, 5.74) is 0.403. The van der Waals surface area contributed by atoms with E-state index in [1.807, 2.05) is 0 Å². The number of carbonyl (C=O) groups excluding carboxylic acids is 1. The second-order valence-corrected chi connectivity index (χ2v) is 4.67. The van der Waals surface area contributed by atoms with Crippen molar-refractivity contribution < 1.29 is 9.18 Å². The van der Waals surface area contributed by atoms with Crippen LogP contribution in [0.4, 0.5) is 10.1 Å². The average molecular weight is 330 g/mol. The number of amides is 1. The Morgan fingerprint density at radius 2 is 2.17 bits per heavy atom. The molecule has 2 rings (SSSR count). The van der Waals surface area contributed by atoms with Gasteiger partial charge in [-0.05, 0) is 34.1 Å². The van der Waals surface area contributed by atoms with Gasteiger partial charge in [-0.2, -0.15) is 0 Å². The maximum atomic E-state index is 13.6. The summed E-state index contributed by atoms with van der Waals surface area (Å²) in [4.78, 5) is 15.8. The molecule has 0 saturated heterocycles. The van der Waals surface area contributed by atoms with E-state index >= 15 is 0 Å². The van der Waals surface area contributed by atoms with Gasteiger partial charge in [0.15, 0.2) is 5.82 Å². The summed E-state index contributed by atoms with van der Waals surface area (Å²) in [7, 11) is 0. The van der Waals surface area contributed by atoms with Crippen molar-refractivity contribution in [2.24, 2.45) is 0 Å². The van der Waals surface area contributed by atoms with E-state index in [0.29, 0.717) is 10.2 Å². The minimum atomic E-state index is -0.734. The van der Waals surface area contributed by atoms with Crippen LogP contribution in [0.5, 0.6) is 0 Å². The fraction of sp³-hybridized carbons (Fsp3) is 0. The monoisotopic (exact) mass is 328 g/mol. The van der Waals surface area contributed by atoms with Crippen molar-refractivity contribution >= 4 is 39.1 Å². The second-order valence-electron chi connectivity index (χ2n) is 3.41. The van der Waals surface area contributed by atoms with Crippen molar-refractivity contribution in [1.82, 2.24) is 4.98 Å². The molecule has 0 saturated carbocycles. The molecule has 0 spiro atoms. The molecule has 0 unspecified atom stereocenters. The average Bonchev–Trinajstić information content (AvgIpc) is 2.35. The van der Waals surface area contributed by atoms with E-state index in [1.165, 1.54) is 30.6 Å². The van der Waals surface area contributed by atoms with Crippen molar-refractivity contribution in [1.29, 1.82) is 0 Å². The van der Waals surface area contributed by atoms with Gasteiger partial charge in [0.1, 0.15) is 0 Å². The van der Waals surface area contributed by atoms with E-state index in [4.69, 9.17) is 11.6 Å². The summed E-state index contributed by atoms with van der Waals surface area (Å²) < 4.78 is 14.3. The van der Waals surface area contributed by atoms with Crippen molar-refractivity contribution in [2.45, 2.75) is 0 Å². The molecule has 1 heterocycles. The number of hydrogen-bond donors (Lipinski definition) is 1. The van der Waals surface area contributed by atoms with Crippen LogP contribution in [-0.4, -0.2) is 10.9 Å². The van der Waals surface area contributed by atoms with E-state index < -0.39 is 11.7 Å². The molecule has 0 aliphatic carbocycles. The Labute approximate surface area is 116 Å². The zero-order valence-electron chi connectivity index (χ0n) is 8.95. The van der Waals surface area contributed by atoms with Gasteiger partial charge in [0.05, 0.1) is 20.7 Å². The molecule has 3 nitrogen and oxygen atoms in total. The zero-order valence-corrected chi connectivity index (χ0v) is 11.3. The van der Waals surface area contributed by atoms with Crippen LogP contribution in [0, 0.1) is 5.82 Å². The van der Waals surface area contributed by atoms with Crippen LogP contribution in [0.2, 0.25) is 5.02 Å². The molecule has 92 valence electrons. The minimum Gasteiger partial charge on any atom is -0.321 e. The standard InChI is InChI=1S/C12H7BrClFN2O/c13-8-6-16-5-4-10(8)17-12(18)7-2-1-3-9(14)11(7)15/h1-6H,(H,16,17,18). The lowest BCUT2D eigenvalue weighted by Gasteiger charge is -2.07. The molecule has 0 atom stereocenters. The third kappa shape index (κ3) is 2.68. The molecule has 1 N–H and O–H groups in total. The van der Waals surface area contributed by atoms with Crippen LogP contribution >= 0.6 is 27.5 Å². The first-order valence-corrected chi connectivity index (χ1v) is 6.11. The van der Waals surface area contributed by atoms with Crippen LogP contribution < -0.4 is 5.32 Å². The van der Waals surface area contributed by atoms with E-state index in [-0.39, 0.29) is 10.6 Å². The van der Waals surface area contributed by atoms with Gasteiger partial charge in [-0.25, -0.2) is 4.39 Å². The van der Waals surface area contributed by atoms with Crippen LogP contribution in [0.15, 0.2) is 41.1 Å². The smallest absolute Gasteiger partial charge is 0.258 e. The number of nitrogens with zero attached hydrogens (tertiary/aromatic N) is 1. The number of nitrogens with one attached hydrogen (secondary N) is 1. The number of rotatable bonds is 2. The topological polar surface area (TPSA) is 42.0 Å². The van der Waals surface area contributed by atoms with Gasteiger partial charge in [-0.1, -0.05) is 17.7 Å². The van der Waals surface area contributed by atoms with Crippen LogP contribution in [0.3, 0.4) is 0 Å². The van der Waals surface area contributed by atoms with Crippen molar-refractivity contribution in [3.63, 3.8) is 0 Å². The van der Waals surface area contributed by atoms with Gasteiger partial charge in [-0.15, -0.1) is 0 Å². The van der Waals surface area contributed by atoms with Gasteiger partial charge in [0.25, 0.3) is 5.91 Å². The van der Waals surface area contributed by atoms with Gasteiger partial charge >= 0.3 is 0 Å². The molecule has 6 heteroatoms. The lowest BCUT2D eigenvalue weighted by atomic mass is 10.2. The molecule has 0 bridgehead atoms. The quantitative estimate of drug-likeness (QED) is 0.908.